The van der Waals surface area contributed by atoms with Crippen molar-refractivity contribution >= 4 is 0 Å². The monoisotopic (exact) mass is 324 g/mol. The lowest BCUT2D eigenvalue weighted by atomic mass is 10.0. The number of hydrogen-bond donors (Lipinski definition) is 0. The molecule has 0 radical (unpaired) electrons. The molecule has 0 aliphatic rings. The molecule has 2 heteroatoms. The topological polar surface area (TPSA) is 6.48 Å². The van der Waals surface area contributed by atoms with Crippen molar-refractivity contribution < 1.29 is 0 Å². The molecule has 0 aliphatic carbocycles. The minimum atomic E-state index is 0.469. The quantitative estimate of drug-likeness (QED) is 0.656. The van der Waals surface area contributed by atoms with E-state index in [0.717, 1.165) is 32.5 Å². The summed E-state index contributed by atoms with van der Waals surface area (Å²) in [6.07, 6.45) is 2.23. The maximum Gasteiger partial charge on any atom is 0.0349 e. The molecule has 2 nitrogen and oxygen atoms in total. The molecule has 0 amide bonds. The van der Waals surface area contributed by atoms with Crippen molar-refractivity contribution in [2.45, 2.75) is 39.3 Å². The van der Waals surface area contributed by atoms with Crippen molar-refractivity contribution in [2.24, 2.45) is 0 Å². The molecule has 0 saturated heterocycles. The van der Waals surface area contributed by atoms with Crippen LogP contribution in [0.3, 0.4) is 0 Å². The van der Waals surface area contributed by atoms with Gasteiger partial charge in [-0.25, -0.2) is 0 Å². The minimum absolute atomic E-state index is 0.469. The number of benzene rings is 2. The Morgan fingerprint density at radius 1 is 0.833 bits per heavy atom. The van der Waals surface area contributed by atoms with Gasteiger partial charge in [0.1, 0.15) is 0 Å². The van der Waals surface area contributed by atoms with Crippen LogP contribution in [0.1, 0.15) is 43.0 Å². The van der Waals surface area contributed by atoms with Gasteiger partial charge in [0.05, 0.1) is 0 Å². The van der Waals surface area contributed by atoms with E-state index >= 15 is 0 Å². The first-order valence-electron chi connectivity index (χ1n) is 9.15. The highest BCUT2D eigenvalue weighted by Crippen LogP contribution is 2.26. The van der Waals surface area contributed by atoms with Gasteiger partial charge in [0.25, 0.3) is 0 Å². The zero-order valence-corrected chi connectivity index (χ0v) is 15.7. The Bertz CT molecular complexity index is 592. The predicted octanol–water partition coefficient (Wildman–Crippen LogP) is 4.76. The van der Waals surface area contributed by atoms with Gasteiger partial charge in [0, 0.05) is 25.7 Å². The molecule has 0 saturated carbocycles. The van der Waals surface area contributed by atoms with E-state index in [9.17, 15) is 0 Å². The van der Waals surface area contributed by atoms with Gasteiger partial charge in [-0.15, -0.1) is 0 Å². The lowest BCUT2D eigenvalue weighted by molar-refractivity contribution is 0.166. The van der Waals surface area contributed by atoms with Crippen molar-refractivity contribution in [2.75, 3.05) is 27.2 Å². The Kier molecular flexibility index (Phi) is 7.48. The predicted molar refractivity (Wildman–Crippen MR) is 104 cm³/mol. The van der Waals surface area contributed by atoms with Crippen LogP contribution in [0.25, 0.3) is 0 Å². The molecule has 130 valence electrons. The summed E-state index contributed by atoms with van der Waals surface area (Å²) in [7, 11) is 4.30. The Morgan fingerprint density at radius 2 is 1.54 bits per heavy atom. The molecule has 2 rings (SSSR count). The maximum absolute atomic E-state index is 2.63. The van der Waals surface area contributed by atoms with E-state index in [4.69, 9.17) is 0 Å². The SMILES string of the molecule is CCc1cccc(CN(CCN(C)C)[C@H](CC)c2ccccc2)c1. The van der Waals surface area contributed by atoms with Gasteiger partial charge >= 0.3 is 0 Å². The standard InChI is InChI=1S/C22H32N2/c1-5-19-11-10-12-20(17-19)18-24(16-15-23(3)4)22(6-2)21-13-8-7-9-14-21/h7-14,17,22H,5-6,15-16,18H2,1-4H3/t22-/m1/s1. The van der Waals surface area contributed by atoms with E-state index in [1.54, 1.807) is 0 Å². The van der Waals surface area contributed by atoms with Crippen LogP contribution in [0.15, 0.2) is 54.6 Å². The van der Waals surface area contributed by atoms with Gasteiger partial charge in [0.2, 0.25) is 0 Å². The summed E-state index contributed by atoms with van der Waals surface area (Å²) in [6, 6.07) is 20.4. The Morgan fingerprint density at radius 3 is 2.17 bits per heavy atom. The Hall–Kier alpha value is -1.64. The molecule has 0 spiro atoms. The third kappa shape index (κ3) is 5.47. The molecule has 2 aromatic carbocycles. The molecule has 1 atom stereocenters. The van der Waals surface area contributed by atoms with Crippen molar-refractivity contribution in [3.8, 4) is 0 Å². The van der Waals surface area contributed by atoms with Crippen LogP contribution in [0.4, 0.5) is 0 Å². The number of rotatable bonds is 9. The molecule has 0 N–H and O–H groups in total. The normalized spacial score (nSPS) is 12.8. The molecule has 0 bridgehead atoms. The maximum atomic E-state index is 2.63. The summed E-state index contributed by atoms with van der Waals surface area (Å²) >= 11 is 0. The smallest absolute Gasteiger partial charge is 0.0349 e. The summed E-state index contributed by atoms with van der Waals surface area (Å²) in [6.45, 7) is 7.69. The number of aryl methyl sites for hydroxylation is 1. The summed E-state index contributed by atoms with van der Waals surface area (Å²) in [5.41, 5.74) is 4.26. The van der Waals surface area contributed by atoms with Crippen LogP contribution in [-0.4, -0.2) is 37.0 Å². The molecule has 0 heterocycles. The highest BCUT2D eigenvalue weighted by atomic mass is 15.2. The molecule has 24 heavy (non-hydrogen) atoms. The van der Waals surface area contributed by atoms with Crippen molar-refractivity contribution in [1.82, 2.24) is 9.80 Å². The second-order valence-electron chi connectivity index (χ2n) is 6.78. The van der Waals surface area contributed by atoms with Crippen LogP contribution in [0.5, 0.6) is 0 Å². The lowest BCUT2D eigenvalue weighted by Gasteiger charge is -2.32. The second kappa shape index (κ2) is 9.61. The fourth-order valence-corrected chi connectivity index (χ4v) is 3.24. The average Bonchev–Trinajstić information content (AvgIpc) is 2.61. The van der Waals surface area contributed by atoms with E-state index in [-0.39, 0.29) is 0 Å². The zero-order chi connectivity index (χ0) is 17.4. The van der Waals surface area contributed by atoms with Crippen molar-refractivity contribution in [3.63, 3.8) is 0 Å². The van der Waals surface area contributed by atoms with Gasteiger partial charge in [-0.1, -0.05) is 68.4 Å². The largest absolute Gasteiger partial charge is 0.308 e. The van der Waals surface area contributed by atoms with Crippen molar-refractivity contribution in [1.29, 1.82) is 0 Å². The van der Waals surface area contributed by atoms with Crippen LogP contribution < -0.4 is 0 Å². The Labute approximate surface area is 148 Å². The van der Waals surface area contributed by atoms with Crippen LogP contribution >= 0.6 is 0 Å². The van der Waals surface area contributed by atoms with Crippen molar-refractivity contribution in [3.05, 3.63) is 71.3 Å². The van der Waals surface area contributed by atoms with Crippen LogP contribution in [-0.2, 0) is 13.0 Å². The lowest BCUT2D eigenvalue weighted by Crippen LogP contribution is -2.34. The van der Waals surface area contributed by atoms with Gasteiger partial charge in [0.15, 0.2) is 0 Å². The van der Waals surface area contributed by atoms with E-state index in [1.165, 1.54) is 16.7 Å². The fraction of sp³-hybridized carbons (Fsp3) is 0.455. The van der Waals surface area contributed by atoms with E-state index in [2.05, 4.69) is 92.3 Å². The highest BCUT2D eigenvalue weighted by Gasteiger charge is 2.19. The number of likely N-dealkylation sites (N-methyl/N-ethyl adjacent to an activating group) is 1. The number of nitrogens with zero attached hydrogens (tertiary/aromatic N) is 2. The number of hydrogen-bond acceptors (Lipinski definition) is 2. The first-order chi connectivity index (χ1) is 11.6. The van der Waals surface area contributed by atoms with E-state index in [1.807, 2.05) is 0 Å². The molecular formula is C22H32N2. The molecular weight excluding hydrogens is 292 g/mol. The first kappa shape index (κ1) is 18.7. The van der Waals surface area contributed by atoms with Crippen LogP contribution in [0.2, 0.25) is 0 Å². The summed E-state index contributed by atoms with van der Waals surface area (Å²) in [5.74, 6) is 0. The first-order valence-corrected chi connectivity index (χ1v) is 9.15. The third-order valence-corrected chi connectivity index (χ3v) is 4.63. The fourth-order valence-electron chi connectivity index (χ4n) is 3.24. The highest BCUT2D eigenvalue weighted by molar-refractivity contribution is 5.24. The summed E-state index contributed by atoms with van der Waals surface area (Å²) in [5, 5.41) is 0. The van der Waals surface area contributed by atoms with Gasteiger partial charge < -0.3 is 4.90 Å². The molecule has 2 aromatic rings. The van der Waals surface area contributed by atoms with Gasteiger partial charge in [-0.3, -0.25) is 4.90 Å². The molecule has 0 fully saturated rings. The summed E-state index contributed by atoms with van der Waals surface area (Å²) < 4.78 is 0. The van der Waals surface area contributed by atoms with Gasteiger partial charge in [-0.05, 0) is 43.6 Å². The van der Waals surface area contributed by atoms with E-state index < -0.39 is 0 Å². The van der Waals surface area contributed by atoms with Crippen LogP contribution in [0, 0.1) is 0 Å². The molecule has 0 aromatic heterocycles. The average molecular weight is 325 g/mol. The zero-order valence-electron chi connectivity index (χ0n) is 15.7. The second-order valence-corrected chi connectivity index (χ2v) is 6.78. The molecule has 0 unspecified atom stereocenters. The molecule has 0 aliphatic heterocycles. The minimum Gasteiger partial charge on any atom is -0.308 e. The third-order valence-electron chi connectivity index (χ3n) is 4.63. The Balaban J connectivity index is 2.22. The van der Waals surface area contributed by atoms with Gasteiger partial charge in [-0.2, -0.15) is 0 Å². The van der Waals surface area contributed by atoms with E-state index in [0.29, 0.717) is 6.04 Å². The summed E-state index contributed by atoms with van der Waals surface area (Å²) in [4.78, 5) is 4.90.